The monoisotopic (exact) mass is 415 g/mol. The van der Waals surface area contributed by atoms with Crippen LogP contribution >= 0.6 is 0 Å². The Labute approximate surface area is 173 Å². The van der Waals surface area contributed by atoms with Gasteiger partial charge < -0.3 is 14.2 Å². The molecule has 1 aliphatic carbocycles. The van der Waals surface area contributed by atoms with Gasteiger partial charge in [0, 0.05) is 18.0 Å². The van der Waals surface area contributed by atoms with Crippen LogP contribution in [0.2, 0.25) is 0 Å². The largest absolute Gasteiger partial charge is 0.496 e. The number of halogens is 3. The quantitative estimate of drug-likeness (QED) is 0.641. The number of benzene rings is 1. The maximum absolute atomic E-state index is 13.6. The average Bonchev–Trinajstić information content (AvgIpc) is 2.97. The second kappa shape index (κ2) is 7.42. The molecule has 1 fully saturated rings. The van der Waals surface area contributed by atoms with E-state index >= 15 is 0 Å². The smallest absolute Gasteiger partial charge is 0.408 e. The van der Waals surface area contributed by atoms with E-state index in [9.17, 15) is 18.4 Å². The number of hydrogen-bond donors (Lipinski definition) is 0. The highest BCUT2D eigenvalue weighted by molar-refractivity contribution is 5.94. The molecule has 0 bridgehead atoms. The molecule has 2 heterocycles. The third-order valence-corrected chi connectivity index (χ3v) is 6.26. The lowest BCUT2D eigenvalue weighted by Crippen LogP contribution is -2.43. The van der Waals surface area contributed by atoms with Gasteiger partial charge in [-0.3, -0.25) is 0 Å². The van der Waals surface area contributed by atoms with Gasteiger partial charge in [0.15, 0.2) is 0 Å². The Kier molecular flexibility index (Phi) is 5.05. The Morgan fingerprint density at radius 3 is 2.57 bits per heavy atom. The van der Waals surface area contributed by atoms with Gasteiger partial charge in [0.1, 0.15) is 17.9 Å². The Hall–Kier alpha value is -2.88. The molecule has 1 atom stereocenters. The van der Waals surface area contributed by atoms with Crippen LogP contribution in [-0.2, 0) is 0 Å². The minimum atomic E-state index is -4.37. The first-order chi connectivity index (χ1) is 14.3. The van der Waals surface area contributed by atoms with Crippen LogP contribution in [0.1, 0.15) is 49.0 Å². The van der Waals surface area contributed by atoms with E-state index in [0.717, 1.165) is 35.7 Å². The number of rotatable bonds is 4. The number of hydrogen-bond acceptors (Lipinski definition) is 3. The van der Waals surface area contributed by atoms with E-state index in [1.807, 2.05) is 19.1 Å². The maximum Gasteiger partial charge on any atom is 0.408 e. The molecule has 0 spiro atoms. The van der Waals surface area contributed by atoms with Gasteiger partial charge in [-0.1, -0.05) is 12.2 Å². The summed E-state index contributed by atoms with van der Waals surface area (Å²) >= 11 is 0. The summed E-state index contributed by atoms with van der Waals surface area (Å²) in [5.41, 5.74) is 3.22. The van der Waals surface area contributed by atoms with Gasteiger partial charge in [-0.25, -0.2) is 0 Å². The fourth-order valence-electron chi connectivity index (χ4n) is 4.34. The highest BCUT2D eigenvalue weighted by Gasteiger charge is 2.42. The van der Waals surface area contributed by atoms with Crippen molar-refractivity contribution in [2.75, 3.05) is 13.7 Å². The van der Waals surface area contributed by atoms with Gasteiger partial charge >= 0.3 is 6.18 Å². The van der Waals surface area contributed by atoms with Crippen LogP contribution in [0.15, 0.2) is 30.4 Å². The molecule has 2 aromatic rings. The van der Waals surface area contributed by atoms with E-state index in [-0.39, 0.29) is 12.6 Å². The molecule has 1 aromatic carbocycles. The highest BCUT2D eigenvalue weighted by Crippen LogP contribution is 2.44. The van der Waals surface area contributed by atoms with Crippen LogP contribution in [0.25, 0.3) is 16.6 Å². The van der Waals surface area contributed by atoms with Crippen LogP contribution in [0.4, 0.5) is 13.2 Å². The molecule has 7 heteroatoms. The van der Waals surface area contributed by atoms with Crippen molar-refractivity contribution in [3.8, 4) is 11.8 Å². The van der Waals surface area contributed by atoms with Crippen molar-refractivity contribution in [3.05, 3.63) is 47.2 Å². The number of fused-ring (bicyclic) bond motifs is 1. The summed E-state index contributed by atoms with van der Waals surface area (Å²) in [6.45, 7) is 3.25. The van der Waals surface area contributed by atoms with Crippen LogP contribution in [0, 0.1) is 18.3 Å². The number of methoxy groups -OCH3 is 1. The zero-order valence-electron chi connectivity index (χ0n) is 17.3. The standard InChI is InChI=1S/C23H24F3N3O/c1-14-11-20-17(12-21(14)30-3)18(13-27)22(29(20)16-7-6-8-16)19-9-4-5-10-28(19)15(2)23(24,25)26/h4-5,9,11-12,15-16H,6-8,10H2,1-3H3/t15-/m0/s1. The Morgan fingerprint density at radius 1 is 1.27 bits per heavy atom. The first-order valence-corrected chi connectivity index (χ1v) is 10.1. The number of alkyl halides is 3. The van der Waals surface area contributed by atoms with Crippen molar-refractivity contribution >= 4 is 16.6 Å². The van der Waals surface area contributed by atoms with Gasteiger partial charge in [-0.05, 0) is 56.9 Å². The van der Waals surface area contributed by atoms with Gasteiger partial charge in [0.05, 0.1) is 29.6 Å². The van der Waals surface area contributed by atoms with E-state index in [2.05, 4.69) is 10.6 Å². The van der Waals surface area contributed by atoms with E-state index in [1.54, 1.807) is 25.3 Å². The first-order valence-electron chi connectivity index (χ1n) is 10.1. The summed E-state index contributed by atoms with van der Waals surface area (Å²) in [6.07, 6.45) is 3.77. The minimum absolute atomic E-state index is 0.145. The molecule has 0 amide bonds. The predicted octanol–water partition coefficient (Wildman–Crippen LogP) is 5.72. The molecular weight excluding hydrogens is 391 g/mol. The Balaban J connectivity index is 2.00. The second-order valence-corrected chi connectivity index (χ2v) is 7.98. The molecule has 0 saturated heterocycles. The molecule has 1 aromatic heterocycles. The molecule has 2 aliphatic rings. The normalized spacial score (nSPS) is 18.2. The average molecular weight is 415 g/mol. The zero-order valence-corrected chi connectivity index (χ0v) is 17.3. The van der Waals surface area contributed by atoms with E-state index < -0.39 is 12.2 Å². The molecular formula is C23H24F3N3O. The van der Waals surface area contributed by atoms with Gasteiger partial charge in [-0.2, -0.15) is 18.4 Å². The maximum atomic E-state index is 13.6. The number of allylic oxidation sites excluding steroid dienone is 2. The summed E-state index contributed by atoms with van der Waals surface area (Å²) in [4.78, 5) is 1.34. The van der Waals surface area contributed by atoms with Crippen molar-refractivity contribution in [1.29, 1.82) is 5.26 Å². The van der Waals surface area contributed by atoms with Crippen molar-refractivity contribution in [3.63, 3.8) is 0 Å². The summed E-state index contributed by atoms with van der Waals surface area (Å²) in [5.74, 6) is 0.661. The third-order valence-electron chi connectivity index (χ3n) is 6.26. The van der Waals surface area contributed by atoms with E-state index in [1.165, 1.54) is 11.8 Å². The second-order valence-electron chi connectivity index (χ2n) is 7.98. The van der Waals surface area contributed by atoms with Crippen molar-refractivity contribution in [2.45, 2.75) is 51.4 Å². The number of ether oxygens (including phenoxy) is 1. The van der Waals surface area contributed by atoms with Crippen molar-refractivity contribution in [2.24, 2.45) is 0 Å². The first kappa shape index (κ1) is 20.4. The molecule has 1 aliphatic heterocycles. The topological polar surface area (TPSA) is 41.2 Å². The number of aromatic nitrogens is 1. The van der Waals surface area contributed by atoms with Gasteiger partial charge in [-0.15, -0.1) is 0 Å². The third kappa shape index (κ3) is 3.15. The molecule has 158 valence electrons. The fraction of sp³-hybridized carbons (Fsp3) is 0.435. The zero-order chi connectivity index (χ0) is 21.6. The lowest BCUT2D eigenvalue weighted by molar-refractivity contribution is -0.169. The van der Waals surface area contributed by atoms with Crippen LogP contribution in [0.3, 0.4) is 0 Å². The van der Waals surface area contributed by atoms with Crippen LogP contribution < -0.4 is 4.74 Å². The SMILES string of the molecule is COc1cc2c(C#N)c(C3=CC=CCN3[C@@H](C)C(F)(F)F)n(C3CCC3)c2cc1C. The number of aryl methyl sites for hydroxylation is 1. The molecule has 0 N–H and O–H groups in total. The molecule has 4 nitrogen and oxygen atoms in total. The lowest BCUT2D eigenvalue weighted by Gasteiger charge is -2.37. The van der Waals surface area contributed by atoms with Crippen LogP contribution in [-0.4, -0.2) is 35.3 Å². The van der Waals surface area contributed by atoms with Crippen molar-refractivity contribution < 1.29 is 17.9 Å². The lowest BCUT2D eigenvalue weighted by atomic mass is 9.92. The van der Waals surface area contributed by atoms with Gasteiger partial charge in [0.2, 0.25) is 0 Å². The Bertz CT molecular complexity index is 1080. The molecule has 4 rings (SSSR count). The van der Waals surface area contributed by atoms with Crippen LogP contribution in [0.5, 0.6) is 5.75 Å². The predicted molar refractivity (Wildman–Crippen MR) is 110 cm³/mol. The van der Waals surface area contributed by atoms with Gasteiger partial charge in [0.25, 0.3) is 0 Å². The number of nitriles is 1. The minimum Gasteiger partial charge on any atom is -0.496 e. The van der Waals surface area contributed by atoms with Crippen molar-refractivity contribution in [1.82, 2.24) is 9.47 Å². The summed E-state index contributed by atoms with van der Waals surface area (Å²) in [6, 6.07) is 4.60. The summed E-state index contributed by atoms with van der Waals surface area (Å²) in [5, 5.41) is 10.8. The molecule has 1 saturated carbocycles. The summed E-state index contributed by atoms with van der Waals surface area (Å²) < 4.78 is 48.4. The fourth-order valence-corrected chi connectivity index (χ4v) is 4.34. The Morgan fingerprint density at radius 2 is 2.00 bits per heavy atom. The molecule has 30 heavy (non-hydrogen) atoms. The summed E-state index contributed by atoms with van der Waals surface area (Å²) in [7, 11) is 1.57. The van der Waals surface area contributed by atoms with E-state index in [4.69, 9.17) is 4.74 Å². The van der Waals surface area contributed by atoms with E-state index in [0.29, 0.717) is 22.7 Å². The number of nitrogens with zero attached hydrogens (tertiary/aromatic N) is 3. The highest BCUT2D eigenvalue weighted by atomic mass is 19.4. The molecule has 0 radical (unpaired) electrons. The molecule has 0 unspecified atom stereocenters.